The summed E-state index contributed by atoms with van der Waals surface area (Å²) in [5.74, 6) is -0.572. The number of non-ortho nitro benzene ring substituents is 1. The van der Waals surface area contributed by atoms with E-state index in [-0.39, 0.29) is 10.6 Å². The smallest absolute Gasteiger partial charge is 0.349 e. The third kappa shape index (κ3) is 4.26. The lowest BCUT2D eigenvalue weighted by Crippen LogP contribution is -2.29. The average Bonchev–Trinajstić information content (AvgIpc) is 3.11. The number of nitrogens with one attached hydrogen (secondary N) is 1. The van der Waals surface area contributed by atoms with Gasteiger partial charge in [-0.3, -0.25) is 14.9 Å². The van der Waals surface area contributed by atoms with Crippen LogP contribution in [0.5, 0.6) is 5.75 Å². The van der Waals surface area contributed by atoms with Crippen molar-refractivity contribution in [2.75, 3.05) is 12.4 Å². The molecule has 0 spiro atoms. The highest BCUT2D eigenvalue weighted by atomic mass is 32.1. The van der Waals surface area contributed by atoms with Gasteiger partial charge in [-0.1, -0.05) is 6.07 Å². The molecule has 0 radical (unpaired) electrons. The molecule has 0 aliphatic carbocycles. The summed E-state index contributed by atoms with van der Waals surface area (Å²) in [7, 11) is 1.52. The van der Waals surface area contributed by atoms with Crippen LogP contribution in [0, 0.1) is 10.1 Å². The molecule has 144 valence electrons. The average molecular weight is 400 g/mol. The van der Waals surface area contributed by atoms with Crippen molar-refractivity contribution < 1.29 is 24.0 Å². The summed E-state index contributed by atoms with van der Waals surface area (Å²) in [4.78, 5) is 35.2. The van der Waals surface area contributed by atoms with Gasteiger partial charge >= 0.3 is 5.97 Å². The molecule has 0 aliphatic rings. The minimum absolute atomic E-state index is 0.0590. The minimum atomic E-state index is -1.03. The van der Waals surface area contributed by atoms with E-state index in [1.165, 1.54) is 32.2 Å². The zero-order valence-electron chi connectivity index (χ0n) is 15.0. The Labute approximate surface area is 163 Å². The maximum Gasteiger partial charge on any atom is 0.349 e. The highest BCUT2D eigenvalue weighted by Crippen LogP contribution is 2.29. The molecule has 8 nitrogen and oxygen atoms in total. The SMILES string of the molecule is COc1cccc(NC(=O)[C@@H](C)OC(=O)c2cc3cc([N+](=O)[O-])ccc3s2)c1. The topological polar surface area (TPSA) is 108 Å². The van der Waals surface area contributed by atoms with Crippen LogP contribution >= 0.6 is 11.3 Å². The summed E-state index contributed by atoms with van der Waals surface area (Å²) in [5.41, 5.74) is 0.456. The summed E-state index contributed by atoms with van der Waals surface area (Å²) in [6.07, 6.45) is -1.03. The Kier molecular flexibility index (Phi) is 5.55. The highest BCUT2D eigenvalue weighted by molar-refractivity contribution is 7.20. The van der Waals surface area contributed by atoms with Crippen LogP contribution in [0.4, 0.5) is 11.4 Å². The van der Waals surface area contributed by atoms with Crippen molar-refractivity contribution in [1.82, 2.24) is 0 Å². The molecule has 1 aromatic heterocycles. The van der Waals surface area contributed by atoms with Crippen molar-refractivity contribution in [2.45, 2.75) is 13.0 Å². The predicted octanol–water partition coefficient (Wildman–Crippen LogP) is 4.00. The van der Waals surface area contributed by atoms with E-state index in [1.807, 2.05) is 0 Å². The number of benzene rings is 2. The van der Waals surface area contributed by atoms with E-state index in [0.717, 1.165) is 11.3 Å². The standard InChI is InChI=1S/C19H16N2O6S/c1-11(18(22)20-13-4-3-5-15(10-13)26-2)27-19(23)17-9-12-8-14(21(24)25)6-7-16(12)28-17/h3-11H,1-2H3,(H,20,22)/t11-/m1/s1. The molecule has 0 saturated carbocycles. The molecule has 0 unspecified atom stereocenters. The van der Waals surface area contributed by atoms with Gasteiger partial charge in [-0.15, -0.1) is 11.3 Å². The number of fused-ring (bicyclic) bond motifs is 1. The fourth-order valence-electron chi connectivity index (χ4n) is 2.46. The molecule has 0 saturated heterocycles. The normalized spacial score (nSPS) is 11.6. The van der Waals surface area contributed by atoms with Gasteiger partial charge in [0.15, 0.2) is 6.10 Å². The van der Waals surface area contributed by atoms with Gasteiger partial charge in [0.05, 0.1) is 12.0 Å². The number of thiophene rings is 1. The molecule has 1 atom stereocenters. The summed E-state index contributed by atoms with van der Waals surface area (Å²) < 4.78 is 11.0. The van der Waals surface area contributed by atoms with Gasteiger partial charge in [0.25, 0.3) is 11.6 Å². The Morgan fingerprint density at radius 3 is 2.68 bits per heavy atom. The van der Waals surface area contributed by atoms with Gasteiger partial charge in [0.1, 0.15) is 10.6 Å². The summed E-state index contributed by atoms with van der Waals surface area (Å²) >= 11 is 1.14. The van der Waals surface area contributed by atoms with Gasteiger partial charge in [0.2, 0.25) is 0 Å². The third-order valence-electron chi connectivity index (χ3n) is 3.90. The number of hydrogen-bond acceptors (Lipinski definition) is 7. The lowest BCUT2D eigenvalue weighted by molar-refractivity contribution is -0.384. The number of nitrogens with zero attached hydrogens (tertiary/aromatic N) is 1. The first-order chi connectivity index (χ1) is 13.4. The van der Waals surface area contributed by atoms with E-state index < -0.39 is 22.9 Å². The first kappa shape index (κ1) is 19.3. The Hall–Kier alpha value is -3.46. The molecular formula is C19H16N2O6S. The van der Waals surface area contributed by atoms with Gasteiger partial charge in [-0.05, 0) is 31.2 Å². The molecule has 1 amide bonds. The Bertz CT molecular complexity index is 1060. The highest BCUT2D eigenvalue weighted by Gasteiger charge is 2.21. The van der Waals surface area contributed by atoms with Crippen LogP contribution in [0.3, 0.4) is 0 Å². The van der Waals surface area contributed by atoms with Crippen LogP contribution in [-0.4, -0.2) is 30.0 Å². The van der Waals surface area contributed by atoms with Gasteiger partial charge in [-0.2, -0.15) is 0 Å². The molecule has 0 fully saturated rings. The maximum atomic E-state index is 12.4. The predicted molar refractivity (Wildman–Crippen MR) is 105 cm³/mol. The lowest BCUT2D eigenvalue weighted by atomic mass is 10.2. The summed E-state index contributed by atoms with van der Waals surface area (Å²) in [6.45, 7) is 1.46. The van der Waals surface area contributed by atoms with E-state index in [9.17, 15) is 19.7 Å². The monoisotopic (exact) mass is 400 g/mol. The van der Waals surface area contributed by atoms with Gasteiger partial charge in [0, 0.05) is 34.0 Å². The van der Waals surface area contributed by atoms with E-state index in [1.54, 1.807) is 30.3 Å². The van der Waals surface area contributed by atoms with Crippen molar-refractivity contribution >= 4 is 44.7 Å². The third-order valence-corrected chi connectivity index (χ3v) is 5.00. The summed E-state index contributed by atoms with van der Waals surface area (Å²) in [5, 5.41) is 14.1. The van der Waals surface area contributed by atoms with Gasteiger partial charge < -0.3 is 14.8 Å². The number of nitro benzene ring substituents is 1. The molecule has 3 rings (SSSR count). The summed E-state index contributed by atoms with van der Waals surface area (Å²) in [6, 6.07) is 12.7. The first-order valence-corrected chi connectivity index (χ1v) is 9.03. The van der Waals surface area contributed by atoms with Crippen LogP contribution in [0.2, 0.25) is 0 Å². The number of esters is 1. The number of amides is 1. The van der Waals surface area contributed by atoms with Crippen LogP contribution in [-0.2, 0) is 9.53 Å². The second kappa shape index (κ2) is 8.05. The molecule has 3 aromatic rings. The number of rotatable bonds is 6. The number of anilines is 1. The van der Waals surface area contributed by atoms with E-state index in [4.69, 9.17) is 9.47 Å². The number of nitro groups is 1. The molecule has 0 aliphatic heterocycles. The fraction of sp³-hybridized carbons (Fsp3) is 0.158. The second-order valence-electron chi connectivity index (χ2n) is 5.86. The van der Waals surface area contributed by atoms with E-state index >= 15 is 0 Å². The zero-order chi connectivity index (χ0) is 20.3. The van der Waals surface area contributed by atoms with Crippen LogP contribution in [0.15, 0.2) is 48.5 Å². The Morgan fingerprint density at radius 2 is 1.96 bits per heavy atom. The van der Waals surface area contributed by atoms with Gasteiger partial charge in [-0.25, -0.2) is 4.79 Å². The molecule has 0 bridgehead atoms. The number of hydrogen-bond donors (Lipinski definition) is 1. The number of methoxy groups -OCH3 is 1. The molecule has 28 heavy (non-hydrogen) atoms. The molecule has 9 heteroatoms. The maximum absolute atomic E-state index is 12.4. The molecule has 1 N–H and O–H groups in total. The fourth-order valence-corrected chi connectivity index (χ4v) is 3.39. The van der Waals surface area contributed by atoms with Crippen LogP contribution < -0.4 is 10.1 Å². The zero-order valence-corrected chi connectivity index (χ0v) is 15.8. The number of carbonyl (C=O) groups is 2. The Morgan fingerprint density at radius 1 is 1.18 bits per heavy atom. The van der Waals surface area contributed by atoms with Crippen molar-refractivity contribution in [3.8, 4) is 5.75 Å². The molecule has 1 heterocycles. The Balaban J connectivity index is 1.68. The largest absolute Gasteiger partial charge is 0.497 e. The van der Waals surface area contributed by atoms with Crippen LogP contribution in [0.1, 0.15) is 16.6 Å². The molecular weight excluding hydrogens is 384 g/mol. The lowest BCUT2D eigenvalue weighted by Gasteiger charge is -2.13. The van der Waals surface area contributed by atoms with E-state index in [0.29, 0.717) is 21.5 Å². The first-order valence-electron chi connectivity index (χ1n) is 8.21. The van der Waals surface area contributed by atoms with Crippen molar-refractivity contribution in [3.63, 3.8) is 0 Å². The minimum Gasteiger partial charge on any atom is -0.497 e. The van der Waals surface area contributed by atoms with E-state index in [2.05, 4.69) is 5.32 Å². The van der Waals surface area contributed by atoms with Crippen molar-refractivity contribution in [2.24, 2.45) is 0 Å². The second-order valence-corrected chi connectivity index (χ2v) is 6.94. The number of carbonyl (C=O) groups excluding carboxylic acids is 2. The molecule has 2 aromatic carbocycles. The van der Waals surface area contributed by atoms with Crippen molar-refractivity contribution in [1.29, 1.82) is 0 Å². The van der Waals surface area contributed by atoms with Crippen molar-refractivity contribution in [3.05, 3.63) is 63.5 Å². The number of ether oxygens (including phenoxy) is 2. The van der Waals surface area contributed by atoms with Crippen LogP contribution in [0.25, 0.3) is 10.1 Å². The quantitative estimate of drug-likeness (QED) is 0.381.